The predicted molar refractivity (Wildman–Crippen MR) is 104 cm³/mol. The maximum Gasteiger partial charge on any atom is 0.322 e. The number of hydrogen-bond donors (Lipinski definition) is 1. The Balaban J connectivity index is 1.68. The van der Waals surface area contributed by atoms with Gasteiger partial charge in [-0.2, -0.15) is 0 Å². The second-order valence-corrected chi connectivity index (χ2v) is 9.50. The van der Waals surface area contributed by atoms with Crippen LogP contribution in [0.3, 0.4) is 0 Å². The average Bonchev–Trinajstić information content (AvgIpc) is 2.94. The summed E-state index contributed by atoms with van der Waals surface area (Å²) in [6, 6.07) is 7.12. The molecule has 26 heavy (non-hydrogen) atoms. The topological polar surface area (TPSA) is 73.0 Å². The summed E-state index contributed by atoms with van der Waals surface area (Å²) in [6.07, 6.45) is 0.654. The standard InChI is InChI=1S/C18H28N4O3S/c1-14(2)17-13-20(3)10-11-21(17)18(23)19-15-5-7-16(8-6-15)22-9-4-12-26(22,24)25/h5-8,14,17H,4,9-13H2,1-3H3,(H,19,23). The molecule has 2 aliphatic heterocycles. The fourth-order valence-electron chi connectivity index (χ4n) is 3.61. The van der Waals surface area contributed by atoms with E-state index < -0.39 is 10.0 Å². The molecule has 0 aliphatic carbocycles. The molecule has 0 aromatic heterocycles. The molecule has 7 nitrogen and oxygen atoms in total. The zero-order valence-corrected chi connectivity index (χ0v) is 16.5. The molecule has 2 heterocycles. The van der Waals surface area contributed by atoms with Gasteiger partial charge in [0.2, 0.25) is 10.0 Å². The number of likely N-dealkylation sites (N-methyl/N-ethyl adjacent to an activating group) is 1. The van der Waals surface area contributed by atoms with Gasteiger partial charge in [0.1, 0.15) is 0 Å². The highest BCUT2D eigenvalue weighted by Crippen LogP contribution is 2.26. The Bertz CT molecular complexity index is 748. The highest BCUT2D eigenvalue weighted by molar-refractivity contribution is 7.93. The summed E-state index contributed by atoms with van der Waals surface area (Å²) >= 11 is 0. The van der Waals surface area contributed by atoms with Gasteiger partial charge < -0.3 is 15.1 Å². The van der Waals surface area contributed by atoms with Crippen LogP contribution in [0.1, 0.15) is 20.3 Å². The van der Waals surface area contributed by atoms with Gasteiger partial charge in [-0.15, -0.1) is 0 Å². The van der Waals surface area contributed by atoms with E-state index in [-0.39, 0.29) is 17.8 Å². The van der Waals surface area contributed by atoms with Crippen LogP contribution in [0.2, 0.25) is 0 Å². The fraction of sp³-hybridized carbons (Fsp3) is 0.611. The lowest BCUT2D eigenvalue weighted by Crippen LogP contribution is -2.57. The second-order valence-electron chi connectivity index (χ2n) is 7.49. The molecule has 144 valence electrons. The lowest BCUT2D eigenvalue weighted by molar-refractivity contribution is 0.0922. The minimum absolute atomic E-state index is 0.0988. The minimum atomic E-state index is -3.18. The number of piperazine rings is 1. The first-order valence-electron chi connectivity index (χ1n) is 9.14. The molecule has 0 spiro atoms. The van der Waals surface area contributed by atoms with Crippen molar-refractivity contribution in [2.45, 2.75) is 26.3 Å². The summed E-state index contributed by atoms with van der Waals surface area (Å²) in [5.41, 5.74) is 1.33. The summed E-state index contributed by atoms with van der Waals surface area (Å²) in [5.74, 6) is 0.581. The first-order valence-corrected chi connectivity index (χ1v) is 10.8. The Hall–Kier alpha value is -1.80. The van der Waals surface area contributed by atoms with E-state index in [1.165, 1.54) is 4.31 Å². The van der Waals surface area contributed by atoms with E-state index in [1.54, 1.807) is 24.3 Å². The number of carbonyl (C=O) groups excluding carboxylic acids is 1. The van der Waals surface area contributed by atoms with E-state index in [9.17, 15) is 13.2 Å². The van der Waals surface area contributed by atoms with Crippen molar-refractivity contribution in [3.05, 3.63) is 24.3 Å². The summed E-state index contributed by atoms with van der Waals surface area (Å²) in [4.78, 5) is 16.9. The Kier molecular flexibility index (Phi) is 5.43. The number of benzene rings is 1. The highest BCUT2D eigenvalue weighted by atomic mass is 32.2. The van der Waals surface area contributed by atoms with Gasteiger partial charge in [-0.25, -0.2) is 13.2 Å². The minimum Gasteiger partial charge on any atom is -0.319 e. The second kappa shape index (κ2) is 7.44. The van der Waals surface area contributed by atoms with E-state index in [1.807, 2.05) is 4.90 Å². The molecular weight excluding hydrogens is 352 g/mol. The van der Waals surface area contributed by atoms with E-state index in [4.69, 9.17) is 0 Å². The molecule has 0 bridgehead atoms. The Morgan fingerprint density at radius 1 is 1.15 bits per heavy atom. The maximum absolute atomic E-state index is 12.7. The number of urea groups is 1. The largest absolute Gasteiger partial charge is 0.322 e. The van der Waals surface area contributed by atoms with Crippen LogP contribution >= 0.6 is 0 Å². The van der Waals surface area contributed by atoms with Gasteiger partial charge in [-0.05, 0) is 43.7 Å². The van der Waals surface area contributed by atoms with Crippen LogP contribution in [0.25, 0.3) is 0 Å². The molecule has 2 saturated heterocycles. The zero-order chi connectivity index (χ0) is 18.9. The summed E-state index contributed by atoms with van der Waals surface area (Å²) in [6.45, 7) is 7.23. The molecule has 1 unspecified atom stereocenters. The van der Waals surface area contributed by atoms with Gasteiger partial charge in [-0.1, -0.05) is 13.8 Å². The number of carbonyl (C=O) groups is 1. The van der Waals surface area contributed by atoms with Crippen molar-refractivity contribution < 1.29 is 13.2 Å². The van der Waals surface area contributed by atoms with Gasteiger partial charge >= 0.3 is 6.03 Å². The summed E-state index contributed by atoms with van der Waals surface area (Å²) in [7, 11) is -1.10. The smallest absolute Gasteiger partial charge is 0.319 e. The number of amides is 2. The molecule has 8 heteroatoms. The van der Waals surface area contributed by atoms with Crippen molar-refractivity contribution in [2.24, 2.45) is 5.92 Å². The Morgan fingerprint density at radius 2 is 1.85 bits per heavy atom. The molecule has 1 N–H and O–H groups in total. The first kappa shape index (κ1) is 19.0. The third-order valence-corrected chi connectivity index (χ3v) is 7.03. The molecule has 2 fully saturated rings. The van der Waals surface area contributed by atoms with Crippen molar-refractivity contribution in [2.75, 3.05) is 48.6 Å². The van der Waals surface area contributed by atoms with Crippen molar-refractivity contribution in [3.63, 3.8) is 0 Å². The van der Waals surface area contributed by atoms with E-state index >= 15 is 0 Å². The van der Waals surface area contributed by atoms with Crippen LogP contribution in [-0.2, 0) is 10.0 Å². The number of sulfonamides is 1. The average molecular weight is 381 g/mol. The van der Waals surface area contributed by atoms with Gasteiger partial charge in [0.05, 0.1) is 11.4 Å². The molecule has 1 aromatic rings. The molecule has 2 aliphatic rings. The summed E-state index contributed by atoms with van der Waals surface area (Å²) in [5, 5.41) is 2.95. The van der Waals surface area contributed by atoms with Crippen LogP contribution in [-0.4, -0.2) is 69.3 Å². The van der Waals surface area contributed by atoms with Gasteiger partial charge in [0.15, 0.2) is 0 Å². The number of nitrogens with zero attached hydrogens (tertiary/aromatic N) is 3. The van der Waals surface area contributed by atoms with Gasteiger partial charge in [0.25, 0.3) is 0 Å². The van der Waals surface area contributed by atoms with E-state index in [2.05, 4.69) is 31.1 Å². The lowest BCUT2D eigenvalue weighted by atomic mass is 10.0. The Labute approximate surface area is 156 Å². The maximum atomic E-state index is 12.7. The number of anilines is 2. The fourth-order valence-corrected chi connectivity index (χ4v) is 5.18. The monoisotopic (exact) mass is 380 g/mol. The lowest BCUT2D eigenvalue weighted by Gasteiger charge is -2.42. The molecule has 0 saturated carbocycles. The highest BCUT2D eigenvalue weighted by Gasteiger charge is 2.31. The normalized spacial score (nSPS) is 23.5. The molecular formula is C18H28N4O3S. The third-order valence-electron chi connectivity index (χ3n) is 5.16. The van der Waals surface area contributed by atoms with Gasteiger partial charge in [-0.3, -0.25) is 4.31 Å². The van der Waals surface area contributed by atoms with Crippen molar-refractivity contribution >= 4 is 27.4 Å². The Morgan fingerprint density at radius 3 is 2.42 bits per heavy atom. The first-order chi connectivity index (χ1) is 12.3. The number of nitrogens with one attached hydrogen (secondary N) is 1. The number of hydrogen-bond acceptors (Lipinski definition) is 4. The molecule has 0 radical (unpaired) electrons. The van der Waals surface area contributed by atoms with Crippen LogP contribution in [0.4, 0.5) is 16.2 Å². The quantitative estimate of drug-likeness (QED) is 0.871. The SMILES string of the molecule is CC(C)C1CN(C)CCN1C(=O)Nc1ccc(N2CCCS2(=O)=O)cc1. The number of rotatable bonds is 3. The molecule has 1 atom stereocenters. The third kappa shape index (κ3) is 3.96. The van der Waals surface area contributed by atoms with E-state index in [0.29, 0.717) is 36.8 Å². The predicted octanol–water partition coefficient (Wildman–Crippen LogP) is 2.03. The van der Waals surface area contributed by atoms with Crippen molar-refractivity contribution in [1.82, 2.24) is 9.80 Å². The van der Waals surface area contributed by atoms with Crippen LogP contribution in [0.5, 0.6) is 0 Å². The summed E-state index contributed by atoms with van der Waals surface area (Å²) < 4.78 is 25.4. The van der Waals surface area contributed by atoms with Crippen molar-refractivity contribution in [1.29, 1.82) is 0 Å². The molecule has 3 rings (SSSR count). The van der Waals surface area contributed by atoms with Crippen LogP contribution in [0, 0.1) is 5.92 Å². The zero-order valence-electron chi connectivity index (χ0n) is 15.7. The molecule has 1 aromatic carbocycles. The van der Waals surface area contributed by atoms with Crippen LogP contribution < -0.4 is 9.62 Å². The van der Waals surface area contributed by atoms with Crippen molar-refractivity contribution in [3.8, 4) is 0 Å². The van der Waals surface area contributed by atoms with Crippen LogP contribution in [0.15, 0.2) is 24.3 Å². The van der Waals surface area contributed by atoms with Gasteiger partial charge in [0, 0.05) is 37.9 Å². The van der Waals surface area contributed by atoms with E-state index in [0.717, 1.165) is 13.1 Å². The molecule has 2 amide bonds.